The number of nitrogens with one attached hydrogen (secondary N) is 1. The number of methoxy groups -OCH3 is 1. The fourth-order valence-electron chi connectivity index (χ4n) is 2.56. The summed E-state index contributed by atoms with van der Waals surface area (Å²) in [6.45, 7) is 6.05. The van der Waals surface area contributed by atoms with E-state index in [2.05, 4.69) is 9.46 Å². The molecule has 0 saturated heterocycles. The van der Waals surface area contributed by atoms with Gasteiger partial charge in [-0.2, -0.15) is 0 Å². The summed E-state index contributed by atoms with van der Waals surface area (Å²) in [5, 5.41) is 0. The van der Waals surface area contributed by atoms with E-state index < -0.39 is 21.6 Å². The first-order chi connectivity index (χ1) is 13.0. The maximum absolute atomic E-state index is 12.4. The summed E-state index contributed by atoms with van der Waals surface area (Å²) in [5.41, 5.74) is -0.291. The third kappa shape index (κ3) is 6.49. The van der Waals surface area contributed by atoms with Gasteiger partial charge in [-0.1, -0.05) is 0 Å². The molecule has 8 nitrogen and oxygen atoms in total. The Morgan fingerprint density at radius 1 is 1.18 bits per heavy atom. The van der Waals surface area contributed by atoms with Crippen molar-refractivity contribution in [3.05, 3.63) is 29.8 Å². The summed E-state index contributed by atoms with van der Waals surface area (Å²) in [6.07, 6.45) is 1.99. The summed E-state index contributed by atoms with van der Waals surface area (Å²) in [5.74, 6) is -0.529. The van der Waals surface area contributed by atoms with E-state index in [1.165, 1.54) is 31.4 Å². The Morgan fingerprint density at radius 3 is 2.29 bits per heavy atom. The molecule has 0 radical (unpaired) electrons. The van der Waals surface area contributed by atoms with Crippen molar-refractivity contribution in [3.8, 4) is 0 Å². The number of benzene rings is 1. The molecule has 0 heterocycles. The molecule has 0 atom stereocenters. The molecule has 0 aliphatic heterocycles. The molecule has 1 aliphatic carbocycles. The third-order valence-corrected chi connectivity index (χ3v) is 5.55. The van der Waals surface area contributed by atoms with Crippen LogP contribution in [0.1, 0.15) is 50.4 Å². The lowest BCUT2D eigenvalue weighted by atomic mass is 10.2. The summed E-state index contributed by atoms with van der Waals surface area (Å²) in [7, 11) is -2.44. The highest BCUT2D eigenvalue weighted by molar-refractivity contribution is 7.89. The van der Waals surface area contributed by atoms with Crippen LogP contribution in [0.4, 0.5) is 4.79 Å². The van der Waals surface area contributed by atoms with E-state index in [1.54, 1.807) is 4.90 Å². The van der Waals surface area contributed by atoms with E-state index in [9.17, 15) is 18.0 Å². The van der Waals surface area contributed by atoms with Crippen LogP contribution in [0.3, 0.4) is 0 Å². The van der Waals surface area contributed by atoms with Gasteiger partial charge in [0.1, 0.15) is 5.60 Å². The van der Waals surface area contributed by atoms with Gasteiger partial charge in [-0.3, -0.25) is 0 Å². The molecule has 1 saturated carbocycles. The first kappa shape index (κ1) is 22.2. The van der Waals surface area contributed by atoms with Crippen LogP contribution in [0, 0.1) is 0 Å². The SMILES string of the molecule is COC(=O)c1ccc(S(=O)(=O)NCCCN(C(=O)OC(C)(C)C)C2CC2)cc1. The second-order valence-corrected chi connectivity index (χ2v) is 9.44. The predicted molar refractivity (Wildman–Crippen MR) is 104 cm³/mol. The summed E-state index contributed by atoms with van der Waals surface area (Å²) >= 11 is 0. The molecular weight excluding hydrogens is 384 g/mol. The molecule has 0 bridgehead atoms. The standard InChI is InChI=1S/C19H28N2O6S/c1-19(2,3)27-18(23)21(15-8-9-15)13-5-12-20-28(24,25)16-10-6-14(7-11-16)17(22)26-4/h6-7,10-11,15,20H,5,8-9,12-13H2,1-4H3. The number of amides is 1. The average Bonchev–Trinajstić information content (AvgIpc) is 3.44. The Hall–Kier alpha value is -2.13. The van der Waals surface area contributed by atoms with Crippen molar-refractivity contribution in [2.45, 2.75) is 56.6 Å². The second kappa shape index (κ2) is 8.91. The molecule has 0 aromatic heterocycles. The van der Waals surface area contributed by atoms with Crippen molar-refractivity contribution < 1.29 is 27.5 Å². The molecule has 9 heteroatoms. The smallest absolute Gasteiger partial charge is 0.410 e. The predicted octanol–water partition coefficient (Wildman–Crippen LogP) is 2.54. The van der Waals surface area contributed by atoms with Gasteiger partial charge in [0.05, 0.1) is 17.6 Å². The normalized spacial score (nSPS) is 14.4. The van der Waals surface area contributed by atoms with E-state index in [1.807, 2.05) is 20.8 Å². The van der Waals surface area contributed by atoms with Crippen molar-refractivity contribution in [1.82, 2.24) is 9.62 Å². The van der Waals surface area contributed by atoms with Gasteiger partial charge in [-0.05, 0) is 64.3 Å². The Bertz CT molecular complexity index is 795. The summed E-state index contributed by atoms with van der Waals surface area (Å²) in [4.78, 5) is 25.4. The summed E-state index contributed by atoms with van der Waals surface area (Å²) < 4.78 is 37.3. The number of hydrogen-bond donors (Lipinski definition) is 1. The fraction of sp³-hybridized carbons (Fsp3) is 0.579. The van der Waals surface area contributed by atoms with Crippen molar-refractivity contribution in [2.75, 3.05) is 20.2 Å². The highest BCUT2D eigenvalue weighted by Gasteiger charge is 2.34. The van der Waals surface area contributed by atoms with Gasteiger partial charge in [0.15, 0.2) is 0 Å². The highest BCUT2D eigenvalue weighted by atomic mass is 32.2. The van der Waals surface area contributed by atoms with Gasteiger partial charge in [0.25, 0.3) is 0 Å². The lowest BCUT2D eigenvalue weighted by molar-refractivity contribution is 0.0232. The Balaban J connectivity index is 1.87. The molecule has 2 rings (SSSR count). The number of nitrogens with zero attached hydrogens (tertiary/aromatic N) is 1. The Morgan fingerprint density at radius 2 is 1.79 bits per heavy atom. The molecule has 1 N–H and O–H groups in total. The van der Waals surface area contributed by atoms with Crippen LogP contribution >= 0.6 is 0 Å². The van der Waals surface area contributed by atoms with E-state index in [4.69, 9.17) is 4.74 Å². The van der Waals surface area contributed by atoms with Gasteiger partial charge in [-0.25, -0.2) is 22.7 Å². The maximum atomic E-state index is 12.4. The van der Waals surface area contributed by atoms with Crippen molar-refractivity contribution in [2.24, 2.45) is 0 Å². The molecule has 1 fully saturated rings. The van der Waals surface area contributed by atoms with E-state index in [-0.39, 0.29) is 29.1 Å². The third-order valence-electron chi connectivity index (χ3n) is 4.07. The fourth-order valence-corrected chi connectivity index (χ4v) is 3.63. The molecule has 1 aromatic rings. The van der Waals surface area contributed by atoms with Crippen LogP contribution < -0.4 is 4.72 Å². The van der Waals surface area contributed by atoms with Crippen LogP contribution in [0.25, 0.3) is 0 Å². The zero-order valence-electron chi connectivity index (χ0n) is 16.7. The molecule has 1 aliphatic rings. The quantitative estimate of drug-likeness (QED) is 0.520. The minimum atomic E-state index is -3.70. The van der Waals surface area contributed by atoms with E-state index in [0.717, 1.165) is 12.8 Å². The van der Waals surface area contributed by atoms with Crippen LogP contribution in [0.15, 0.2) is 29.2 Å². The van der Waals surface area contributed by atoms with Gasteiger partial charge in [0, 0.05) is 19.1 Å². The highest BCUT2D eigenvalue weighted by Crippen LogP contribution is 2.28. The molecule has 1 amide bonds. The van der Waals surface area contributed by atoms with E-state index in [0.29, 0.717) is 13.0 Å². The van der Waals surface area contributed by atoms with Gasteiger partial charge in [-0.15, -0.1) is 0 Å². The largest absolute Gasteiger partial charge is 0.465 e. The van der Waals surface area contributed by atoms with Crippen LogP contribution in [0.2, 0.25) is 0 Å². The monoisotopic (exact) mass is 412 g/mol. The van der Waals surface area contributed by atoms with Gasteiger partial charge < -0.3 is 14.4 Å². The van der Waals surface area contributed by atoms with Gasteiger partial charge in [0.2, 0.25) is 10.0 Å². The molecule has 1 aromatic carbocycles. The molecule has 156 valence electrons. The number of rotatable bonds is 8. The maximum Gasteiger partial charge on any atom is 0.410 e. The molecule has 0 spiro atoms. The number of esters is 1. The lowest BCUT2D eigenvalue weighted by Crippen LogP contribution is -2.39. The summed E-state index contributed by atoms with van der Waals surface area (Å²) in [6, 6.07) is 5.69. The number of hydrogen-bond acceptors (Lipinski definition) is 6. The number of carbonyl (C=O) groups is 2. The van der Waals surface area contributed by atoms with Crippen LogP contribution in [-0.2, 0) is 19.5 Å². The van der Waals surface area contributed by atoms with Crippen LogP contribution in [0.5, 0.6) is 0 Å². The molecule has 28 heavy (non-hydrogen) atoms. The van der Waals surface area contributed by atoms with Gasteiger partial charge >= 0.3 is 12.1 Å². The van der Waals surface area contributed by atoms with Crippen molar-refractivity contribution in [3.63, 3.8) is 0 Å². The average molecular weight is 413 g/mol. The zero-order valence-corrected chi connectivity index (χ0v) is 17.5. The number of carbonyl (C=O) groups excluding carboxylic acids is 2. The van der Waals surface area contributed by atoms with Crippen LogP contribution in [-0.4, -0.2) is 57.2 Å². The van der Waals surface area contributed by atoms with Crippen molar-refractivity contribution >= 4 is 22.1 Å². The topological polar surface area (TPSA) is 102 Å². The van der Waals surface area contributed by atoms with Crippen molar-refractivity contribution in [1.29, 1.82) is 0 Å². The first-order valence-electron chi connectivity index (χ1n) is 9.21. The molecule has 0 unspecified atom stereocenters. The Labute approximate surface area is 166 Å². The van der Waals surface area contributed by atoms with E-state index >= 15 is 0 Å². The lowest BCUT2D eigenvalue weighted by Gasteiger charge is -2.27. The number of sulfonamides is 1. The minimum Gasteiger partial charge on any atom is -0.465 e. The Kier molecular flexibility index (Phi) is 7.06. The molecular formula is C19H28N2O6S. The number of ether oxygens (including phenoxy) is 2. The zero-order chi connectivity index (χ0) is 20.9. The minimum absolute atomic E-state index is 0.0614. The second-order valence-electron chi connectivity index (χ2n) is 7.67. The first-order valence-corrected chi connectivity index (χ1v) is 10.7.